The van der Waals surface area contributed by atoms with Crippen LogP contribution in [0.1, 0.15) is 23.8 Å². The average Bonchev–Trinajstić information content (AvgIpc) is 3.34. The molecule has 1 aliphatic carbocycles. The number of aromatic nitrogens is 5. The van der Waals surface area contributed by atoms with Gasteiger partial charge in [0.2, 0.25) is 0 Å². The van der Waals surface area contributed by atoms with Gasteiger partial charge in [0.25, 0.3) is 16.7 Å². The zero-order valence-corrected chi connectivity index (χ0v) is 16.8. The van der Waals surface area contributed by atoms with E-state index >= 15 is 0 Å². The Labute approximate surface area is 168 Å². The molecule has 0 N–H and O–H groups in total. The van der Waals surface area contributed by atoms with Crippen molar-refractivity contribution in [3.05, 3.63) is 51.1 Å². The first kappa shape index (κ1) is 17.6. The summed E-state index contributed by atoms with van der Waals surface area (Å²) in [7, 11) is 0. The molecule has 0 saturated carbocycles. The predicted octanol–water partition coefficient (Wildman–Crippen LogP) is 3.78. The van der Waals surface area contributed by atoms with Crippen LogP contribution in [-0.4, -0.2) is 25.2 Å². The van der Waals surface area contributed by atoms with Crippen molar-refractivity contribution >= 4 is 34.0 Å². The van der Waals surface area contributed by atoms with E-state index in [1.165, 1.54) is 33.3 Å². The molecular weight excluding hydrogens is 394 g/mol. The van der Waals surface area contributed by atoms with Gasteiger partial charge in [0, 0.05) is 4.88 Å². The maximum Gasteiger partial charge on any atom is 0.278 e. The second-order valence-corrected chi connectivity index (χ2v) is 9.00. The van der Waals surface area contributed by atoms with E-state index in [-0.39, 0.29) is 11.4 Å². The number of benzene rings is 1. The Morgan fingerprint density at radius 1 is 1.29 bits per heavy atom. The molecule has 0 fully saturated rings. The molecule has 0 aliphatic heterocycles. The van der Waals surface area contributed by atoms with Crippen LogP contribution in [0.5, 0.6) is 0 Å². The fourth-order valence-corrected chi connectivity index (χ4v) is 5.17. The van der Waals surface area contributed by atoms with Crippen LogP contribution in [0.3, 0.4) is 0 Å². The summed E-state index contributed by atoms with van der Waals surface area (Å²) in [6, 6.07) is 9.34. The van der Waals surface area contributed by atoms with Crippen LogP contribution in [0.2, 0.25) is 0 Å². The Morgan fingerprint density at radius 3 is 3.11 bits per heavy atom. The number of thioether (sulfide) groups is 1. The number of rotatable bonds is 4. The van der Waals surface area contributed by atoms with E-state index in [1.807, 2.05) is 12.1 Å². The second kappa shape index (κ2) is 7.14. The van der Waals surface area contributed by atoms with Gasteiger partial charge in [-0.05, 0) is 60.7 Å². The lowest BCUT2D eigenvalue weighted by molar-refractivity contribution is 0.464. The highest BCUT2D eigenvalue weighted by molar-refractivity contribution is 7.98. The molecule has 1 atom stereocenters. The molecule has 142 valence electrons. The number of nitrogens with zero attached hydrogens (tertiary/aromatic N) is 5. The van der Waals surface area contributed by atoms with Crippen LogP contribution < -0.4 is 5.56 Å². The zero-order chi connectivity index (χ0) is 19.1. The second-order valence-electron chi connectivity index (χ2n) is 6.96. The smallest absolute Gasteiger partial charge is 0.278 e. The first-order valence-electron chi connectivity index (χ1n) is 9.08. The van der Waals surface area contributed by atoms with Gasteiger partial charge in [0.15, 0.2) is 0 Å². The van der Waals surface area contributed by atoms with E-state index in [1.54, 1.807) is 23.5 Å². The van der Waals surface area contributed by atoms with Crippen LogP contribution >= 0.6 is 23.1 Å². The highest BCUT2D eigenvalue weighted by Crippen LogP contribution is 2.37. The first-order chi connectivity index (χ1) is 13.7. The number of aryl methyl sites for hydroxylation is 1. The monoisotopic (exact) mass is 411 g/mol. The molecule has 1 aromatic carbocycles. The molecule has 28 heavy (non-hydrogen) atoms. The fraction of sp³-hybridized carbons (Fsp3) is 0.316. The Hall–Kier alpha value is -2.52. The molecule has 0 bridgehead atoms. The predicted molar refractivity (Wildman–Crippen MR) is 108 cm³/mol. The van der Waals surface area contributed by atoms with Crippen LogP contribution in [-0.2, 0) is 18.7 Å². The van der Waals surface area contributed by atoms with E-state index in [0.717, 1.165) is 23.6 Å². The molecule has 3 aromatic heterocycles. The summed E-state index contributed by atoms with van der Waals surface area (Å²) in [4.78, 5) is 14.9. The minimum Gasteiger partial charge on any atom is -0.410 e. The SMILES string of the molecule is C[C@@H]1CCc2sc(-c3nnc(SCn4nnc5ccccc5c4=O)o3)cc2C1. The molecule has 3 heterocycles. The van der Waals surface area contributed by atoms with Crippen LogP contribution in [0, 0.1) is 5.92 Å². The summed E-state index contributed by atoms with van der Waals surface area (Å²) in [5.41, 5.74) is 1.81. The molecular formula is C19H17N5O2S2. The first-order valence-corrected chi connectivity index (χ1v) is 10.9. The Kier molecular flexibility index (Phi) is 4.48. The molecule has 1 aliphatic rings. The van der Waals surface area contributed by atoms with Crippen molar-refractivity contribution in [2.24, 2.45) is 5.92 Å². The normalized spacial score (nSPS) is 16.4. The minimum absolute atomic E-state index is 0.183. The van der Waals surface area contributed by atoms with Gasteiger partial charge in [-0.3, -0.25) is 4.79 Å². The summed E-state index contributed by atoms with van der Waals surface area (Å²) in [5.74, 6) is 1.52. The Bertz CT molecular complexity index is 1210. The molecule has 0 unspecified atom stereocenters. The van der Waals surface area contributed by atoms with Crippen molar-refractivity contribution in [1.29, 1.82) is 0 Å². The molecule has 7 nitrogen and oxygen atoms in total. The molecule has 5 rings (SSSR count). The van der Waals surface area contributed by atoms with Gasteiger partial charge in [-0.15, -0.1) is 26.6 Å². The van der Waals surface area contributed by atoms with E-state index < -0.39 is 0 Å². The van der Waals surface area contributed by atoms with Crippen molar-refractivity contribution in [2.45, 2.75) is 37.3 Å². The fourth-order valence-electron chi connectivity index (χ4n) is 3.40. The third-order valence-corrected chi connectivity index (χ3v) is 6.90. The number of hydrogen-bond acceptors (Lipinski definition) is 8. The summed E-state index contributed by atoms with van der Waals surface area (Å²) in [6.07, 6.45) is 3.48. The highest BCUT2D eigenvalue weighted by Gasteiger charge is 2.21. The van der Waals surface area contributed by atoms with Crippen molar-refractivity contribution in [3.8, 4) is 10.8 Å². The molecule has 4 aromatic rings. The maximum atomic E-state index is 12.5. The van der Waals surface area contributed by atoms with E-state index in [0.29, 0.717) is 22.0 Å². The molecule has 0 spiro atoms. The number of hydrogen-bond donors (Lipinski definition) is 0. The maximum absolute atomic E-state index is 12.5. The van der Waals surface area contributed by atoms with Gasteiger partial charge in [0.1, 0.15) is 11.4 Å². The quantitative estimate of drug-likeness (QED) is 0.472. The van der Waals surface area contributed by atoms with E-state index in [2.05, 4.69) is 33.5 Å². The molecule has 9 heteroatoms. The summed E-state index contributed by atoms with van der Waals surface area (Å²) in [5, 5.41) is 17.3. The van der Waals surface area contributed by atoms with Gasteiger partial charge in [-0.25, -0.2) is 0 Å². The largest absolute Gasteiger partial charge is 0.410 e. The van der Waals surface area contributed by atoms with Crippen molar-refractivity contribution < 1.29 is 4.42 Å². The molecule has 0 amide bonds. The van der Waals surface area contributed by atoms with E-state index in [4.69, 9.17) is 4.42 Å². The third kappa shape index (κ3) is 3.24. The number of thiophene rings is 1. The highest BCUT2D eigenvalue weighted by atomic mass is 32.2. The van der Waals surface area contributed by atoms with Crippen LogP contribution in [0.4, 0.5) is 0 Å². The minimum atomic E-state index is -0.183. The Morgan fingerprint density at radius 2 is 2.18 bits per heavy atom. The van der Waals surface area contributed by atoms with Crippen LogP contribution in [0.15, 0.2) is 44.8 Å². The lowest BCUT2D eigenvalue weighted by Crippen LogP contribution is -2.23. The number of fused-ring (bicyclic) bond motifs is 2. The lowest BCUT2D eigenvalue weighted by atomic mass is 9.90. The lowest BCUT2D eigenvalue weighted by Gasteiger charge is -2.16. The third-order valence-electron chi connectivity index (χ3n) is 4.89. The van der Waals surface area contributed by atoms with Gasteiger partial charge in [0.05, 0.1) is 10.3 Å². The van der Waals surface area contributed by atoms with Gasteiger partial charge in [-0.2, -0.15) is 4.68 Å². The van der Waals surface area contributed by atoms with Crippen molar-refractivity contribution in [3.63, 3.8) is 0 Å². The summed E-state index contributed by atoms with van der Waals surface area (Å²) in [6.45, 7) is 2.29. The average molecular weight is 412 g/mol. The topological polar surface area (TPSA) is 86.7 Å². The van der Waals surface area contributed by atoms with Crippen molar-refractivity contribution in [2.75, 3.05) is 0 Å². The van der Waals surface area contributed by atoms with Gasteiger partial charge < -0.3 is 4.42 Å². The Balaban J connectivity index is 1.34. The summed E-state index contributed by atoms with van der Waals surface area (Å²) >= 11 is 3.01. The van der Waals surface area contributed by atoms with Crippen molar-refractivity contribution in [1.82, 2.24) is 25.2 Å². The van der Waals surface area contributed by atoms with Crippen LogP contribution in [0.25, 0.3) is 21.7 Å². The zero-order valence-electron chi connectivity index (χ0n) is 15.2. The standard InChI is InChI=1S/C19H17N5O2S2/c1-11-6-7-15-12(8-11)9-16(28-15)17-21-22-19(26-17)27-10-24-18(25)13-4-2-3-5-14(13)20-23-24/h2-5,9,11H,6-8,10H2,1H3/t11-/m1/s1. The van der Waals surface area contributed by atoms with E-state index in [9.17, 15) is 4.79 Å². The molecule has 0 radical (unpaired) electrons. The van der Waals surface area contributed by atoms with Gasteiger partial charge in [-0.1, -0.05) is 24.3 Å². The summed E-state index contributed by atoms with van der Waals surface area (Å²) < 4.78 is 7.12. The van der Waals surface area contributed by atoms with Gasteiger partial charge >= 0.3 is 0 Å². The molecule has 0 saturated heterocycles.